The number of hydrogen-bond donors (Lipinski definition) is 1. The van der Waals surface area contributed by atoms with Crippen molar-refractivity contribution in [2.24, 2.45) is 0 Å². The van der Waals surface area contributed by atoms with Gasteiger partial charge in [0.2, 0.25) is 5.82 Å². The predicted molar refractivity (Wildman–Crippen MR) is 119 cm³/mol. The highest BCUT2D eigenvalue weighted by atomic mass is 32.1. The van der Waals surface area contributed by atoms with Gasteiger partial charge >= 0.3 is 11.8 Å². The van der Waals surface area contributed by atoms with Crippen LogP contribution in [0, 0.1) is 10.1 Å². The van der Waals surface area contributed by atoms with Gasteiger partial charge in [0.15, 0.2) is 0 Å². The molecular formula is C20H26N6O5S. The Morgan fingerprint density at radius 3 is 2.66 bits per heavy atom. The summed E-state index contributed by atoms with van der Waals surface area (Å²) in [5, 5.41) is 14.9. The second-order valence-corrected chi connectivity index (χ2v) is 9.31. The smallest absolute Gasteiger partial charge is 0.410 e. The maximum Gasteiger partial charge on any atom is 0.410 e. The Hall–Kier alpha value is -3.28. The molecule has 0 bridgehead atoms. The Balaban J connectivity index is 1.59. The van der Waals surface area contributed by atoms with Gasteiger partial charge in [-0.2, -0.15) is 0 Å². The molecule has 1 saturated heterocycles. The van der Waals surface area contributed by atoms with Gasteiger partial charge in [-0.25, -0.2) is 14.8 Å². The lowest BCUT2D eigenvalue weighted by molar-refractivity contribution is -0.384. The third-order valence-electron chi connectivity index (χ3n) is 4.80. The molecule has 0 unspecified atom stereocenters. The molecule has 3 rings (SSSR count). The molecule has 172 valence electrons. The SMILES string of the molecule is CN(NC(=O)c1csc(C2CCN(C(=O)OC(C)(C)C)CC2)n1)c1ncccc1[N+](=O)[O-]. The fourth-order valence-electron chi connectivity index (χ4n) is 3.27. The van der Waals surface area contributed by atoms with Gasteiger partial charge in [-0.05, 0) is 39.7 Å². The van der Waals surface area contributed by atoms with Crippen molar-refractivity contribution in [2.75, 3.05) is 25.1 Å². The molecule has 0 saturated carbocycles. The van der Waals surface area contributed by atoms with Crippen LogP contribution in [0.2, 0.25) is 0 Å². The third kappa shape index (κ3) is 5.69. The summed E-state index contributed by atoms with van der Waals surface area (Å²) < 4.78 is 5.42. The van der Waals surface area contributed by atoms with Crippen molar-refractivity contribution >= 4 is 34.8 Å². The summed E-state index contributed by atoms with van der Waals surface area (Å²) in [4.78, 5) is 45.6. The molecule has 12 heteroatoms. The highest BCUT2D eigenvalue weighted by Crippen LogP contribution is 2.31. The molecule has 32 heavy (non-hydrogen) atoms. The molecule has 1 N–H and O–H groups in total. The number of nitro groups is 1. The average molecular weight is 463 g/mol. The summed E-state index contributed by atoms with van der Waals surface area (Å²) in [6.07, 6.45) is 2.55. The Kier molecular flexibility index (Phi) is 6.92. The molecule has 2 aromatic heterocycles. The van der Waals surface area contributed by atoms with Crippen LogP contribution in [0.5, 0.6) is 0 Å². The molecule has 0 aliphatic carbocycles. The number of piperidine rings is 1. The minimum absolute atomic E-state index is 0.0239. The van der Waals surface area contributed by atoms with E-state index >= 15 is 0 Å². The van der Waals surface area contributed by atoms with E-state index in [1.807, 2.05) is 20.8 Å². The lowest BCUT2D eigenvalue weighted by Crippen LogP contribution is -2.41. The number of aromatic nitrogens is 2. The maximum absolute atomic E-state index is 12.6. The highest BCUT2D eigenvalue weighted by molar-refractivity contribution is 7.09. The van der Waals surface area contributed by atoms with Gasteiger partial charge in [-0.1, -0.05) is 0 Å². The molecule has 0 atom stereocenters. The van der Waals surface area contributed by atoms with E-state index in [9.17, 15) is 19.7 Å². The number of ether oxygens (including phenoxy) is 1. The second kappa shape index (κ2) is 9.47. The summed E-state index contributed by atoms with van der Waals surface area (Å²) in [6.45, 7) is 6.63. The van der Waals surface area contributed by atoms with Crippen LogP contribution in [-0.4, -0.2) is 57.5 Å². The first-order valence-corrected chi connectivity index (χ1v) is 11.0. The summed E-state index contributed by atoms with van der Waals surface area (Å²) in [7, 11) is 1.48. The molecule has 2 amide bonds. The van der Waals surface area contributed by atoms with Gasteiger partial charge < -0.3 is 9.64 Å². The van der Waals surface area contributed by atoms with Crippen molar-refractivity contribution in [3.8, 4) is 0 Å². The largest absolute Gasteiger partial charge is 0.444 e. The van der Waals surface area contributed by atoms with Crippen LogP contribution in [0.1, 0.15) is 55.0 Å². The fraction of sp³-hybridized carbons (Fsp3) is 0.500. The molecular weight excluding hydrogens is 436 g/mol. The second-order valence-electron chi connectivity index (χ2n) is 8.42. The number of rotatable bonds is 5. The number of hydrogen-bond acceptors (Lipinski definition) is 9. The molecule has 1 aliphatic rings. The fourth-order valence-corrected chi connectivity index (χ4v) is 4.24. The van der Waals surface area contributed by atoms with E-state index in [1.165, 1.54) is 41.7 Å². The van der Waals surface area contributed by atoms with E-state index in [4.69, 9.17) is 4.74 Å². The van der Waals surface area contributed by atoms with E-state index in [0.29, 0.717) is 13.1 Å². The predicted octanol–water partition coefficient (Wildman–Crippen LogP) is 3.34. The van der Waals surface area contributed by atoms with Crippen molar-refractivity contribution in [3.63, 3.8) is 0 Å². The molecule has 0 radical (unpaired) electrons. The van der Waals surface area contributed by atoms with Crippen molar-refractivity contribution < 1.29 is 19.2 Å². The quantitative estimate of drug-likeness (QED) is 0.529. The van der Waals surface area contributed by atoms with Crippen molar-refractivity contribution in [2.45, 2.75) is 45.1 Å². The molecule has 1 fully saturated rings. The number of carbonyl (C=O) groups excluding carboxylic acids is 2. The topological polar surface area (TPSA) is 131 Å². The Labute approximate surface area is 189 Å². The van der Waals surface area contributed by atoms with Gasteiger partial charge in [0.25, 0.3) is 5.91 Å². The summed E-state index contributed by atoms with van der Waals surface area (Å²) in [6, 6.07) is 2.77. The maximum atomic E-state index is 12.6. The van der Waals surface area contributed by atoms with Crippen molar-refractivity contribution in [1.29, 1.82) is 0 Å². The normalized spacial score (nSPS) is 14.7. The van der Waals surface area contributed by atoms with Gasteiger partial charge in [-0.3, -0.25) is 25.3 Å². The zero-order valence-corrected chi connectivity index (χ0v) is 19.2. The van der Waals surface area contributed by atoms with Crippen molar-refractivity contribution in [3.05, 3.63) is 44.5 Å². The van der Waals surface area contributed by atoms with Gasteiger partial charge in [0.05, 0.1) is 9.93 Å². The Bertz CT molecular complexity index is 996. The number of amides is 2. The standard InChI is InChI=1S/C20H26N6O5S/c1-20(2,3)31-19(28)25-10-7-13(8-11-25)18-22-14(12-32-18)17(27)23-24(4)16-15(26(29)30)6-5-9-21-16/h5-6,9,12-13H,7-8,10-11H2,1-4H3,(H,23,27). The highest BCUT2D eigenvalue weighted by Gasteiger charge is 2.29. The van der Waals surface area contributed by atoms with E-state index in [2.05, 4.69) is 15.4 Å². The number of hydrazine groups is 1. The number of anilines is 1. The van der Waals surface area contributed by atoms with E-state index in [0.717, 1.165) is 17.8 Å². The first-order chi connectivity index (χ1) is 15.0. The third-order valence-corrected chi connectivity index (χ3v) is 5.81. The van der Waals surface area contributed by atoms with Gasteiger partial charge in [0, 0.05) is 43.7 Å². The average Bonchev–Trinajstić information content (AvgIpc) is 3.23. The lowest BCUT2D eigenvalue weighted by Gasteiger charge is -2.32. The molecule has 2 aromatic rings. The number of pyridine rings is 1. The Morgan fingerprint density at radius 1 is 1.34 bits per heavy atom. The zero-order chi connectivity index (χ0) is 23.5. The monoisotopic (exact) mass is 462 g/mol. The minimum Gasteiger partial charge on any atom is -0.444 e. The van der Waals surface area contributed by atoms with Crippen LogP contribution in [-0.2, 0) is 4.74 Å². The van der Waals surface area contributed by atoms with E-state index in [1.54, 1.807) is 10.3 Å². The Morgan fingerprint density at radius 2 is 2.03 bits per heavy atom. The number of carbonyl (C=O) groups is 2. The number of nitrogens with one attached hydrogen (secondary N) is 1. The summed E-state index contributed by atoms with van der Waals surface area (Å²) in [5.41, 5.74) is 2.05. The number of thiazole rings is 1. The molecule has 1 aliphatic heterocycles. The van der Waals surface area contributed by atoms with E-state index in [-0.39, 0.29) is 29.2 Å². The summed E-state index contributed by atoms with van der Waals surface area (Å²) >= 11 is 1.39. The zero-order valence-electron chi connectivity index (χ0n) is 18.4. The first kappa shape index (κ1) is 23.4. The van der Waals surface area contributed by atoms with E-state index < -0.39 is 16.4 Å². The lowest BCUT2D eigenvalue weighted by atomic mass is 9.98. The minimum atomic E-state index is -0.560. The van der Waals surface area contributed by atoms with Crippen LogP contribution in [0.15, 0.2) is 23.7 Å². The number of likely N-dealkylation sites (tertiary alicyclic amines) is 1. The van der Waals surface area contributed by atoms with Crippen molar-refractivity contribution in [1.82, 2.24) is 20.3 Å². The van der Waals surface area contributed by atoms with Crippen LogP contribution < -0.4 is 10.4 Å². The van der Waals surface area contributed by atoms with Crippen LogP contribution in [0.3, 0.4) is 0 Å². The van der Waals surface area contributed by atoms with Crippen LogP contribution in [0.25, 0.3) is 0 Å². The van der Waals surface area contributed by atoms with Crippen LogP contribution >= 0.6 is 11.3 Å². The van der Waals surface area contributed by atoms with Crippen LogP contribution in [0.4, 0.5) is 16.3 Å². The molecule has 0 spiro atoms. The summed E-state index contributed by atoms with van der Waals surface area (Å²) in [5.74, 6) is -0.313. The number of nitrogens with zero attached hydrogens (tertiary/aromatic N) is 5. The van der Waals surface area contributed by atoms with Gasteiger partial charge in [0.1, 0.15) is 11.3 Å². The first-order valence-electron chi connectivity index (χ1n) is 10.1. The molecule has 11 nitrogen and oxygen atoms in total. The molecule has 0 aromatic carbocycles. The van der Waals surface area contributed by atoms with Gasteiger partial charge in [-0.15, -0.1) is 11.3 Å². The molecule has 3 heterocycles.